The first-order chi connectivity index (χ1) is 8.74. The Bertz CT molecular complexity index is 513. The minimum Gasteiger partial charge on any atom is -0.394 e. The molecule has 0 unspecified atom stereocenters. The number of hydrogen-bond donors (Lipinski definition) is 2. The lowest BCUT2D eigenvalue weighted by Gasteiger charge is -2.01. The highest BCUT2D eigenvalue weighted by Crippen LogP contribution is 2.09. The van der Waals surface area contributed by atoms with Gasteiger partial charge in [-0.25, -0.2) is 4.68 Å². The molecular formula is C11H17ClFN5O. The van der Waals surface area contributed by atoms with Crippen LogP contribution in [0.2, 0.25) is 0 Å². The van der Waals surface area contributed by atoms with Crippen molar-refractivity contribution in [2.24, 2.45) is 0 Å². The van der Waals surface area contributed by atoms with Crippen LogP contribution in [-0.4, -0.2) is 31.3 Å². The SMILES string of the molecule is CCn1ncc(CNc2ccn(CCO)n2)c1F.Cl. The van der Waals surface area contributed by atoms with Crippen molar-refractivity contribution in [2.45, 2.75) is 26.6 Å². The van der Waals surface area contributed by atoms with Crippen LogP contribution < -0.4 is 5.32 Å². The lowest BCUT2D eigenvalue weighted by Crippen LogP contribution is -2.06. The van der Waals surface area contributed by atoms with Gasteiger partial charge in [0.25, 0.3) is 0 Å². The Morgan fingerprint density at radius 1 is 1.47 bits per heavy atom. The maximum atomic E-state index is 13.7. The Morgan fingerprint density at radius 3 is 2.89 bits per heavy atom. The van der Waals surface area contributed by atoms with Crippen LogP contribution in [0.15, 0.2) is 18.5 Å². The van der Waals surface area contributed by atoms with E-state index in [1.807, 2.05) is 6.92 Å². The van der Waals surface area contributed by atoms with Gasteiger partial charge in [0.1, 0.15) is 5.82 Å². The van der Waals surface area contributed by atoms with Crippen molar-refractivity contribution in [3.63, 3.8) is 0 Å². The van der Waals surface area contributed by atoms with Crippen LogP contribution >= 0.6 is 12.4 Å². The van der Waals surface area contributed by atoms with E-state index in [9.17, 15) is 4.39 Å². The number of halogens is 2. The molecule has 0 saturated heterocycles. The Morgan fingerprint density at radius 2 is 2.26 bits per heavy atom. The minimum atomic E-state index is -0.320. The third-order valence-corrected chi connectivity index (χ3v) is 2.57. The number of rotatable bonds is 6. The number of aliphatic hydroxyl groups is 1. The van der Waals surface area contributed by atoms with Crippen molar-refractivity contribution in [1.82, 2.24) is 19.6 Å². The first kappa shape index (κ1) is 15.5. The van der Waals surface area contributed by atoms with E-state index in [0.29, 0.717) is 31.0 Å². The molecule has 0 aliphatic heterocycles. The molecule has 0 atom stereocenters. The van der Waals surface area contributed by atoms with Crippen LogP contribution in [0.25, 0.3) is 0 Å². The summed E-state index contributed by atoms with van der Waals surface area (Å²) in [6, 6.07) is 1.78. The van der Waals surface area contributed by atoms with Crippen LogP contribution in [0.1, 0.15) is 12.5 Å². The number of nitrogens with zero attached hydrogens (tertiary/aromatic N) is 4. The number of hydrogen-bond acceptors (Lipinski definition) is 4. The number of aromatic nitrogens is 4. The van der Waals surface area contributed by atoms with E-state index >= 15 is 0 Å². The van der Waals surface area contributed by atoms with Crippen molar-refractivity contribution in [1.29, 1.82) is 0 Å². The topological polar surface area (TPSA) is 67.9 Å². The van der Waals surface area contributed by atoms with Crippen molar-refractivity contribution < 1.29 is 9.50 Å². The Kier molecular flexibility index (Phi) is 5.78. The Hall–Kier alpha value is -1.60. The molecule has 19 heavy (non-hydrogen) atoms. The summed E-state index contributed by atoms with van der Waals surface area (Å²) in [4.78, 5) is 0. The summed E-state index contributed by atoms with van der Waals surface area (Å²) in [5, 5.41) is 19.9. The third-order valence-electron chi connectivity index (χ3n) is 2.57. The molecule has 8 heteroatoms. The average Bonchev–Trinajstić information content (AvgIpc) is 2.94. The Labute approximate surface area is 116 Å². The van der Waals surface area contributed by atoms with E-state index in [1.54, 1.807) is 16.9 Å². The average molecular weight is 290 g/mol. The molecule has 0 bridgehead atoms. The second-order valence-corrected chi connectivity index (χ2v) is 3.82. The molecule has 2 aromatic heterocycles. The van der Waals surface area contributed by atoms with Crippen LogP contribution in [0.5, 0.6) is 0 Å². The van der Waals surface area contributed by atoms with E-state index in [0.717, 1.165) is 0 Å². The zero-order valence-corrected chi connectivity index (χ0v) is 11.4. The molecule has 2 aromatic rings. The molecule has 6 nitrogen and oxygen atoms in total. The van der Waals surface area contributed by atoms with Crippen LogP contribution in [0.4, 0.5) is 10.2 Å². The van der Waals surface area contributed by atoms with Gasteiger partial charge in [0.05, 0.1) is 19.3 Å². The monoisotopic (exact) mass is 289 g/mol. The number of nitrogens with one attached hydrogen (secondary N) is 1. The minimum absolute atomic E-state index is 0. The summed E-state index contributed by atoms with van der Waals surface area (Å²) in [7, 11) is 0. The largest absolute Gasteiger partial charge is 0.394 e. The zero-order valence-electron chi connectivity index (χ0n) is 10.6. The molecule has 2 N–H and O–H groups in total. The van der Waals surface area contributed by atoms with Crippen molar-refractivity contribution in [3.05, 3.63) is 30.0 Å². The van der Waals surface area contributed by atoms with E-state index in [-0.39, 0.29) is 25.0 Å². The summed E-state index contributed by atoms with van der Waals surface area (Å²) in [5.74, 6) is 0.326. The van der Waals surface area contributed by atoms with Gasteiger partial charge in [-0.15, -0.1) is 12.4 Å². The quantitative estimate of drug-likeness (QED) is 0.840. The van der Waals surface area contributed by atoms with Gasteiger partial charge < -0.3 is 10.4 Å². The standard InChI is InChI=1S/C11H16FN5O.ClH/c1-2-17-11(12)9(8-14-17)7-13-10-3-4-16(15-10)5-6-18;/h3-4,8,18H,2,5-7H2,1H3,(H,13,15);1H. The van der Waals surface area contributed by atoms with Gasteiger partial charge in [0.2, 0.25) is 5.95 Å². The van der Waals surface area contributed by atoms with Gasteiger partial charge >= 0.3 is 0 Å². The fourth-order valence-corrected chi connectivity index (χ4v) is 1.62. The van der Waals surface area contributed by atoms with Gasteiger partial charge in [0, 0.05) is 30.9 Å². The van der Waals surface area contributed by atoms with Gasteiger partial charge in [-0.3, -0.25) is 4.68 Å². The van der Waals surface area contributed by atoms with Gasteiger partial charge in [-0.1, -0.05) is 0 Å². The molecule has 0 fully saturated rings. The van der Waals surface area contributed by atoms with Crippen molar-refractivity contribution in [2.75, 3.05) is 11.9 Å². The molecular weight excluding hydrogens is 273 g/mol. The summed E-state index contributed by atoms with van der Waals surface area (Å²) in [6.07, 6.45) is 3.26. The first-order valence-electron chi connectivity index (χ1n) is 5.83. The Balaban J connectivity index is 0.00000180. The van der Waals surface area contributed by atoms with Crippen LogP contribution in [-0.2, 0) is 19.6 Å². The molecule has 0 aromatic carbocycles. The molecule has 2 rings (SSSR count). The van der Waals surface area contributed by atoms with E-state index in [2.05, 4.69) is 15.5 Å². The number of aryl methyl sites for hydroxylation is 1. The summed E-state index contributed by atoms with van der Waals surface area (Å²) in [6.45, 7) is 3.17. The maximum Gasteiger partial charge on any atom is 0.216 e. The molecule has 0 aliphatic carbocycles. The fourth-order valence-electron chi connectivity index (χ4n) is 1.62. The number of anilines is 1. The summed E-state index contributed by atoms with van der Waals surface area (Å²) >= 11 is 0. The second-order valence-electron chi connectivity index (χ2n) is 3.82. The first-order valence-corrected chi connectivity index (χ1v) is 5.83. The highest BCUT2D eigenvalue weighted by molar-refractivity contribution is 5.85. The van der Waals surface area contributed by atoms with E-state index in [1.165, 1.54) is 10.9 Å². The smallest absolute Gasteiger partial charge is 0.216 e. The van der Waals surface area contributed by atoms with Crippen LogP contribution in [0.3, 0.4) is 0 Å². The van der Waals surface area contributed by atoms with E-state index < -0.39 is 0 Å². The highest BCUT2D eigenvalue weighted by Gasteiger charge is 2.09. The maximum absolute atomic E-state index is 13.7. The molecule has 106 valence electrons. The van der Waals surface area contributed by atoms with E-state index in [4.69, 9.17) is 5.11 Å². The third kappa shape index (κ3) is 3.68. The van der Waals surface area contributed by atoms with Gasteiger partial charge in [-0.2, -0.15) is 14.6 Å². The van der Waals surface area contributed by atoms with Crippen LogP contribution in [0, 0.1) is 5.95 Å². The van der Waals surface area contributed by atoms with Gasteiger partial charge in [-0.05, 0) is 6.92 Å². The summed E-state index contributed by atoms with van der Waals surface area (Å²) in [5.41, 5.74) is 0.508. The lowest BCUT2D eigenvalue weighted by molar-refractivity contribution is 0.269. The second kappa shape index (κ2) is 7.10. The molecule has 0 radical (unpaired) electrons. The molecule has 0 aliphatic rings. The normalized spacial score (nSPS) is 10.3. The van der Waals surface area contributed by atoms with Crippen molar-refractivity contribution in [3.8, 4) is 0 Å². The highest BCUT2D eigenvalue weighted by atomic mass is 35.5. The lowest BCUT2D eigenvalue weighted by atomic mass is 10.3. The zero-order chi connectivity index (χ0) is 13.0. The molecule has 0 amide bonds. The molecule has 0 saturated carbocycles. The number of aliphatic hydroxyl groups excluding tert-OH is 1. The predicted molar refractivity (Wildman–Crippen MR) is 71.7 cm³/mol. The molecule has 0 spiro atoms. The predicted octanol–water partition coefficient (Wildman–Crippen LogP) is 1.26. The van der Waals surface area contributed by atoms with Crippen molar-refractivity contribution >= 4 is 18.2 Å². The fraction of sp³-hybridized carbons (Fsp3) is 0.455. The molecule has 2 heterocycles. The summed E-state index contributed by atoms with van der Waals surface area (Å²) < 4.78 is 16.6. The van der Waals surface area contributed by atoms with Gasteiger partial charge in [0.15, 0.2) is 0 Å².